The molecule has 0 aliphatic rings. The van der Waals surface area contributed by atoms with Crippen molar-refractivity contribution in [1.82, 2.24) is 29.9 Å². The fraction of sp³-hybridized carbons (Fsp3) is 0.150. The highest BCUT2D eigenvalue weighted by Gasteiger charge is 2.14. The minimum atomic E-state index is -0.439. The van der Waals surface area contributed by atoms with Crippen molar-refractivity contribution >= 4 is 17.1 Å². The van der Waals surface area contributed by atoms with Gasteiger partial charge in [-0.1, -0.05) is 47.7 Å². The lowest BCUT2D eigenvalue weighted by atomic mass is 10.2. The van der Waals surface area contributed by atoms with Gasteiger partial charge in [-0.05, 0) is 23.3 Å². The molecule has 4 rings (SSSR count). The summed E-state index contributed by atoms with van der Waals surface area (Å²) in [5, 5.41) is 10.6. The summed E-state index contributed by atoms with van der Waals surface area (Å²) in [7, 11) is 0. The molecule has 146 valence electrons. The number of rotatable bonds is 6. The van der Waals surface area contributed by atoms with E-state index < -0.39 is 5.56 Å². The molecular weight excluding hydrogens is 375 g/mol. The van der Waals surface area contributed by atoms with Crippen LogP contribution in [0.4, 0.5) is 4.39 Å². The molecule has 0 aliphatic heterocycles. The van der Waals surface area contributed by atoms with E-state index in [-0.39, 0.29) is 30.3 Å². The highest BCUT2D eigenvalue weighted by molar-refractivity contribution is 5.76. The third-order valence-electron chi connectivity index (χ3n) is 4.38. The predicted molar refractivity (Wildman–Crippen MR) is 103 cm³/mol. The molecule has 8 nitrogen and oxygen atoms in total. The summed E-state index contributed by atoms with van der Waals surface area (Å²) in [6, 6.07) is 15.5. The molecule has 1 N–H and O–H groups in total. The summed E-state index contributed by atoms with van der Waals surface area (Å²) in [6.45, 7) is 0.470. The molecule has 0 saturated carbocycles. The Bertz CT molecular complexity index is 1200. The minimum Gasteiger partial charge on any atom is -0.350 e. The van der Waals surface area contributed by atoms with E-state index in [1.807, 2.05) is 30.3 Å². The Hall–Kier alpha value is -3.88. The Morgan fingerprint density at radius 2 is 1.79 bits per heavy atom. The second-order valence-corrected chi connectivity index (χ2v) is 6.49. The number of hydrogen-bond donors (Lipinski definition) is 1. The monoisotopic (exact) mass is 392 g/mol. The minimum absolute atomic E-state index is 0.106. The molecular formula is C20H17FN6O2. The lowest BCUT2D eigenvalue weighted by Gasteiger charge is -2.07. The zero-order chi connectivity index (χ0) is 20.2. The van der Waals surface area contributed by atoms with Gasteiger partial charge in [-0.3, -0.25) is 14.2 Å². The first-order valence-electron chi connectivity index (χ1n) is 8.94. The number of halogens is 1. The quantitative estimate of drug-likeness (QED) is 0.537. The molecule has 0 unspecified atom stereocenters. The summed E-state index contributed by atoms with van der Waals surface area (Å²) < 4.78 is 15.7. The number of hydrogen-bond acceptors (Lipinski definition) is 5. The van der Waals surface area contributed by atoms with Crippen LogP contribution in [-0.4, -0.2) is 30.5 Å². The maximum absolute atomic E-state index is 12.9. The van der Waals surface area contributed by atoms with E-state index in [0.717, 1.165) is 11.1 Å². The second-order valence-electron chi connectivity index (χ2n) is 6.49. The molecule has 0 saturated heterocycles. The molecule has 2 heterocycles. The first kappa shape index (κ1) is 18.5. The Morgan fingerprint density at radius 3 is 2.55 bits per heavy atom. The van der Waals surface area contributed by atoms with Crippen molar-refractivity contribution in [2.45, 2.75) is 19.6 Å². The number of benzene rings is 2. The lowest BCUT2D eigenvalue weighted by Crippen LogP contribution is -2.32. The Kier molecular flexibility index (Phi) is 5.10. The van der Waals surface area contributed by atoms with Crippen LogP contribution in [0.2, 0.25) is 0 Å². The number of aromatic nitrogens is 5. The average molecular weight is 392 g/mol. The Labute approximate surface area is 164 Å². The number of nitrogens with zero attached hydrogens (tertiary/aromatic N) is 5. The van der Waals surface area contributed by atoms with Gasteiger partial charge in [0.25, 0.3) is 5.56 Å². The lowest BCUT2D eigenvalue weighted by molar-refractivity contribution is -0.121. The van der Waals surface area contributed by atoms with E-state index in [2.05, 4.69) is 20.6 Å². The number of carbonyl (C=O) groups excluding carboxylic acids is 1. The summed E-state index contributed by atoms with van der Waals surface area (Å²) in [5.74, 6) is -0.708. The van der Waals surface area contributed by atoms with Crippen molar-refractivity contribution in [2.24, 2.45) is 0 Å². The van der Waals surface area contributed by atoms with Gasteiger partial charge in [-0.15, -0.1) is 5.10 Å². The van der Waals surface area contributed by atoms with Gasteiger partial charge in [-0.25, -0.2) is 14.1 Å². The van der Waals surface area contributed by atoms with Gasteiger partial charge in [0.1, 0.15) is 18.7 Å². The predicted octanol–water partition coefficient (Wildman–Crippen LogP) is 1.49. The first-order chi connectivity index (χ1) is 14.1. The summed E-state index contributed by atoms with van der Waals surface area (Å²) >= 11 is 0. The van der Waals surface area contributed by atoms with Crippen molar-refractivity contribution in [3.8, 4) is 0 Å². The molecule has 0 fully saturated rings. The molecule has 0 atom stereocenters. The highest BCUT2D eigenvalue weighted by Crippen LogP contribution is 2.07. The van der Waals surface area contributed by atoms with E-state index in [9.17, 15) is 14.0 Å². The van der Waals surface area contributed by atoms with E-state index in [1.165, 1.54) is 23.0 Å². The molecule has 0 aliphatic carbocycles. The van der Waals surface area contributed by atoms with E-state index >= 15 is 0 Å². The molecule has 0 bridgehead atoms. The van der Waals surface area contributed by atoms with Gasteiger partial charge in [0, 0.05) is 6.54 Å². The average Bonchev–Trinajstić information content (AvgIpc) is 3.14. The van der Waals surface area contributed by atoms with Crippen LogP contribution in [0.3, 0.4) is 0 Å². The molecule has 0 spiro atoms. The standard InChI is InChI=1S/C20H17FN6O2/c21-16-8-6-14(7-9-16)10-22-17(28)12-26-13-23-19-18(20(26)29)24-25-27(19)11-15-4-2-1-3-5-15/h1-9,13H,10-12H2,(H,22,28). The Balaban J connectivity index is 1.47. The third-order valence-corrected chi connectivity index (χ3v) is 4.38. The van der Waals surface area contributed by atoms with Gasteiger partial charge < -0.3 is 5.32 Å². The van der Waals surface area contributed by atoms with Crippen molar-refractivity contribution in [1.29, 1.82) is 0 Å². The number of carbonyl (C=O) groups is 1. The van der Waals surface area contributed by atoms with Crippen LogP contribution in [-0.2, 0) is 24.4 Å². The van der Waals surface area contributed by atoms with Gasteiger partial charge in [0.2, 0.25) is 5.91 Å². The molecule has 4 aromatic rings. The number of amides is 1. The van der Waals surface area contributed by atoms with Crippen LogP contribution < -0.4 is 10.9 Å². The fourth-order valence-electron chi connectivity index (χ4n) is 2.88. The molecule has 9 heteroatoms. The maximum Gasteiger partial charge on any atom is 0.283 e. The van der Waals surface area contributed by atoms with Crippen LogP contribution >= 0.6 is 0 Å². The smallest absolute Gasteiger partial charge is 0.283 e. The van der Waals surface area contributed by atoms with Crippen molar-refractivity contribution in [3.05, 3.63) is 88.2 Å². The van der Waals surface area contributed by atoms with Crippen molar-refractivity contribution in [2.75, 3.05) is 0 Å². The van der Waals surface area contributed by atoms with Crippen LogP contribution in [0.15, 0.2) is 65.7 Å². The van der Waals surface area contributed by atoms with Crippen molar-refractivity contribution < 1.29 is 9.18 Å². The maximum atomic E-state index is 12.9. The second kappa shape index (κ2) is 8.01. The number of nitrogens with one attached hydrogen (secondary N) is 1. The fourth-order valence-corrected chi connectivity index (χ4v) is 2.88. The third kappa shape index (κ3) is 4.18. The van der Waals surface area contributed by atoms with E-state index in [0.29, 0.717) is 12.2 Å². The number of fused-ring (bicyclic) bond motifs is 1. The summed E-state index contributed by atoms with van der Waals surface area (Å²) in [4.78, 5) is 29.1. The van der Waals surface area contributed by atoms with E-state index in [4.69, 9.17) is 0 Å². The highest BCUT2D eigenvalue weighted by atomic mass is 19.1. The van der Waals surface area contributed by atoms with Crippen LogP contribution in [0.5, 0.6) is 0 Å². The zero-order valence-corrected chi connectivity index (χ0v) is 15.3. The van der Waals surface area contributed by atoms with Crippen LogP contribution in [0.1, 0.15) is 11.1 Å². The molecule has 2 aromatic carbocycles. The molecule has 29 heavy (non-hydrogen) atoms. The first-order valence-corrected chi connectivity index (χ1v) is 8.94. The Morgan fingerprint density at radius 1 is 1.03 bits per heavy atom. The zero-order valence-electron chi connectivity index (χ0n) is 15.3. The van der Waals surface area contributed by atoms with Crippen molar-refractivity contribution in [3.63, 3.8) is 0 Å². The summed E-state index contributed by atoms with van der Waals surface area (Å²) in [5.41, 5.74) is 1.79. The molecule has 0 radical (unpaired) electrons. The largest absolute Gasteiger partial charge is 0.350 e. The summed E-state index contributed by atoms with van der Waals surface area (Å²) in [6.07, 6.45) is 1.31. The van der Waals surface area contributed by atoms with E-state index in [1.54, 1.807) is 16.8 Å². The van der Waals surface area contributed by atoms with Gasteiger partial charge in [0.15, 0.2) is 11.2 Å². The van der Waals surface area contributed by atoms with Gasteiger partial charge >= 0.3 is 0 Å². The van der Waals surface area contributed by atoms with Crippen LogP contribution in [0, 0.1) is 5.82 Å². The molecule has 1 amide bonds. The SMILES string of the molecule is O=C(Cn1cnc2c(nnn2Cc2ccccc2)c1=O)NCc1ccc(F)cc1. The van der Waals surface area contributed by atoms with Crippen LogP contribution in [0.25, 0.3) is 11.2 Å². The van der Waals surface area contributed by atoms with Gasteiger partial charge in [-0.2, -0.15) is 0 Å². The normalized spacial score (nSPS) is 10.9. The topological polar surface area (TPSA) is 94.7 Å². The van der Waals surface area contributed by atoms with Gasteiger partial charge in [0.05, 0.1) is 6.54 Å². The molecule has 2 aromatic heterocycles.